The largest absolute Gasteiger partial charge is 0.481 e. The molecule has 3 heterocycles. The number of hydrogen-bond donors (Lipinski definition) is 3. The summed E-state index contributed by atoms with van der Waals surface area (Å²) in [5, 5.41) is 31.0. The lowest BCUT2D eigenvalue weighted by Gasteiger charge is -2.18. The topological polar surface area (TPSA) is 152 Å². The first-order chi connectivity index (χ1) is 18.3. The first-order valence-electron chi connectivity index (χ1n) is 12.7. The molecule has 1 unspecified atom stereocenters. The number of pyridine rings is 1. The molecule has 1 amide bonds. The molecule has 0 bridgehead atoms. The van der Waals surface area contributed by atoms with Gasteiger partial charge in [-0.25, -0.2) is 0 Å². The van der Waals surface area contributed by atoms with Crippen molar-refractivity contribution in [3.05, 3.63) is 65.6 Å². The zero-order valence-corrected chi connectivity index (χ0v) is 21.8. The van der Waals surface area contributed by atoms with Crippen LogP contribution in [0.15, 0.2) is 48.7 Å². The van der Waals surface area contributed by atoms with E-state index in [1.165, 1.54) is 0 Å². The standard InChI is InChI=1S/C27H32N8O3/c1-4-7-20-14-24(27(38)29-19(12-17(2)3)13-25(36)37)32-35(20)16-18-10-11-23(28-15-18)21-8-5-6-9-22(21)26-30-33-34-31-26/h5-6,8-11,14-15,17,19H,4,7,12-13,16H2,1-3H3,(H,29,38)(H,36,37)(H,30,31,33,34). The Labute approximate surface area is 220 Å². The van der Waals surface area contributed by atoms with Gasteiger partial charge in [0, 0.05) is 29.1 Å². The van der Waals surface area contributed by atoms with Crippen molar-refractivity contribution in [2.45, 2.75) is 59.0 Å². The van der Waals surface area contributed by atoms with Gasteiger partial charge in [-0.2, -0.15) is 10.3 Å². The molecule has 0 fully saturated rings. The third-order valence-corrected chi connectivity index (χ3v) is 6.06. The van der Waals surface area contributed by atoms with E-state index in [0.29, 0.717) is 18.8 Å². The number of aryl methyl sites for hydroxylation is 1. The monoisotopic (exact) mass is 516 g/mol. The van der Waals surface area contributed by atoms with Gasteiger partial charge in [-0.1, -0.05) is 57.5 Å². The summed E-state index contributed by atoms with van der Waals surface area (Å²) in [6.45, 7) is 6.52. The molecule has 11 nitrogen and oxygen atoms in total. The number of carboxylic acid groups (broad SMARTS) is 1. The highest BCUT2D eigenvalue weighted by Crippen LogP contribution is 2.28. The zero-order chi connectivity index (χ0) is 27.1. The van der Waals surface area contributed by atoms with E-state index in [4.69, 9.17) is 0 Å². The number of carboxylic acids is 1. The van der Waals surface area contributed by atoms with Crippen molar-refractivity contribution in [1.82, 2.24) is 40.7 Å². The number of carbonyl (C=O) groups is 2. The molecule has 38 heavy (non-hydrogen) atoms. The first-order valence-corrected chi connectivity index (χ1v) is 12.7. The summed E-state index contributed by atoms with van der Waals surface area (Å²) in [6.07, 6.45) is 3.90. The van der Waals surface area contributed by atoms with Crippen molar-refractivity contribution >= 4 is 11.9 Å². The number of aromatic nitrogens is 7. The molecule has 0 spiro atoms. The van der Waals surface area contributed by atoms with E-state index in [1.54, 1.807) is 12.3 Å². The van der Waals surface area contributed by atoms with Crippen LogP contribution in [0.25, 0.3) is 22.6 Å². The summed E-state index contributed by atoms with van der Waals surface area (Å²) >= 11 is 0. The first kappa shape index (κ1) is 26.6. The van der Waals surface area contributed by atoms with Gasteiger partial charge in [-0.3, -0.25) is 19.3 Å². The number of aromatic amines is 1. The lowest BCUT2D eigenvalue weighted by atomic mass is 10.0. The predicted molar refractivity (Wildman–Crippen MR) is 141 cm³/mol. The maximum atomic E-state index is 13.0. The minimum absolute atomic E-state index is 0.125. The number of hydrogen-bond acceptors (Lipinski definition) is 7. The Kier molecular flexibility index (Phi) is 8.57. The molecule has 1 atom stereocenters. The summed E-state index contributed by atoms with van der Waals surface area (Å²) < 4.78 is 1.82. The van der Waals surface area contributed by atoms with Gasteiger partial charge >= 0.3 is 5.97 Å². The summed E-state index contributed by atoms with van der Waals surface area (Å²) in [5.74, 6) is -0.553. The number of H-pyrrole nitrogens is 1. The number of amides is 1. The molecule has 0 saturated heterocycles. The molecule has 3 aromatic heterocycles. The van der Waals surface area contributed by atoms with E-state index in [2.05, 4.69) is 42.9 Å². The molecule has 3 N–H and O–H groups in total. The van der Waals surface area contributed by atoms with Gasteiger partial charge in [0.05, 0.1) is 18.7 Å². The molecule has 4 aromatic rings. The van der Waals surface area contributed by atoms with Crippen LogP contribution in [0.1, 0.15) is 61.8 Å². The molecule has 0 radical (unpaired) electrons. The Hall–Kier alpha value is -4.41. The average Bonchev–Trinajstić information content (AvgIpc) is 3.55. The molecule has 0 saturated carbocycles. The lowest BCUT2D eigenvalue weighted by Crippen LogP contribution is -2.37. The van der Waals surface area contributed by atoms with E-state index in [0.717, 1.165) is 40.9 Å². The zero-order valence-electron chi connectivity index (χ0n) is 21.8. The smallest absolute Gasteiger partial charge is 0.305 e. The van der Waals surface area contributed by atoms with E-state index in [-0.39, 0.29) is 23.9 Å². The van der Waals surface area contributed by atoms with Gasteiger partial charge in [0.2, 0.25) is 5.82 Å². The second-order valence-electron chi connectivity index (χ2n) is 9.66. The van der Waals surface area contributed by atoms with Crippen LogP contribution in [-0.4, -0.2) is 58.4 Å². The third kappa shape index (κ3) is 6.67. The Morgan fingerprint density at radius 1 is 1.13 bits per heavy atom. The highest BCUT2D eigenvalue weighted by molar-refractivity contribution is 5.92. The fraction of sp³-hybridized carbons (Fsp3) is 0.370. The highest BCUT2D eigenvalue weighted by Gasteiger charge is 2.21. The molecule has 11 heteroatoms. The van der Waals surface area contributed by atoms with Crippen LogP contribution in [0.5, 0.6) is 0 Å². The Balaban J connectivity index is 1.52. The average molecular weight is 517 g/mol. The fourth-order valence-corrected chi connectivity index (χ4v) is 4.42. The van der Waals surface area contributed by atoms with Gasteiger partial charge in [0.15, 0.2) is 0 Å². The number of benzene rings is 1. The van der Waals surface area contributed by atoms with Gasteiger partial charge in [-0.05, 0) is 41.7 Å². The number of tetrazole rings is 1. The van der Waals surface area contributed by atoms with E-state index in [1.807, 2.05) is 54.9 Å². The van der Waals surface area contributed by atoms with Crippen molar-refractivity contribution in [2.24, 2.45) is 5.92 Å². The summed E-state index contributed by atoms with van der Waals surface area (Å²) in [7, 11) is 0. The number of rotatable bonds is 12. The minimum atomic E-state index is -0.941. The van der Waals surface area contributed by atoms with Crippen LogP contribution >= 0.6 is 0 Å². The van der Waals surface area contributed by atoms with E-state index in [9.17, 15) is 14.7 Å². The van der Waals surface area contributed by atoms with Gasteiger partial charge < -0.3 is 10.4 Å². The van der Waals surface area contributed by atoms with Gasteiger partial charge in [0.1, 0.15) is 5.69 Å². The molecule has 0 aliphatic heterocycles. The SMILES string of the molecule is CCCc1cc(C(=O)NC(CC(=O)O)CC(C)C)nn1Cc1ccc(-c2ccccc2-c2nn[nH]n2)nc1. The van der Waals surface area contributed by atoms with Crippen LogP contribution in [0.3, 0.4) is 0 Å². The van der Waals surface area contributed by atoms with E-state index < -0.39 is 12.0 Å². The van der Waals surface area contributed by atoms with Crippen LogP contribution in [0, 0.1) is 5.92 Å². The van der Waals surface area contributed by atoms with Crippen LogP contribution in [0.4, 0.5) is 0 Å². The van der Waals surface area contributed by atoms with Crippen molar-refractivity contribution < 1.29 is 14.7 Å². The Morgan fingerprint density at radius 3 is 2.55 bits per heavy atom. The van der Waals surface area contributed by atoms with E-state index >= 15 is 0 Å². The summed E-state index contributed by atoms with van der Waals surface area (Å²) in [6, 6.07) is 13.0. The highest BCUT2D eigenvalue weighted by atomic mass is 16.4. The summed E-state index contributed by atoms with van der Waals surface area (Å²) in [5.41, 5.74) is 4.64. The summed E-state index contributed by atoms with van der Waals surface area (Å²) in [4.78, 5) is 28.9. The molecular formula is C27H32N8O3. The number of nitrogens with zero attached hydrogens (tertiary/aromatic N) is 6. The number of aliphatic carboxylic acids is 1. The van der Waals surface area contributed by atoms with Crippen LogP contribution in [0.2, 0.25) is 0 Å². The third-order valence-electron chi connectivity index (χ3n) is 6.06. The minimum Gasteiger partial charge on any atom is -0.481 e. The van der Waals surface area contributed by atoms with Crippen LogP contribution < -0.4 is 5.32 Å². The van der Waals surface area contributed by atoms with Gasteiger partial charge in [0.25, 0.3) is 5.91 Å². The molecule has 4 rings (SSSR count). The van der Waals surface area contributed by atoms with Crippen LogP contribution in [-0.2, 0) is 17.8 Å². The second kappa shape index (κ2) is 12.2. The van der Waals surface area contributed by atoms with Crippen molar-refractivity contribution in [1.29, 1.82) is 0 Å². The normalized spacial score (nSPS) is 12.0. The molecule has 0 aliphatic rings. The fourth-order valence-electron chi connectivity index (χ4n) is 4.42. The second-order valence-corrected chi connectivity index (χ2v) is 9.66. The lowest BCUT2D eigenvalue weighted by molar-refractivity contribution is -0.137. The van der Waals surface area contributed by atoms with Crippen molar-refractivity contribution in [3.63, 3.8) is 0 Å². The Morgan fingerprint density at radius 2 is 1.92 bits per heavy atom. The molecule has 0 aliphatic carbocycles. The number of carbonyl (C=O) groups excluding carboxylic acids is 1. The predicted octanol–water partition coefficient (Wildman–Crippen LogP) is 3.75. The Bertz CT molecular complexity index is 1360. The quantitative estimate of drug-likeness (QED) is 0.257. The molecule has 198 valence electrons. The van der Waals surface area contributed by atoms with Gasteiger partial charge in [-0.15, -0.1) is 10.2 Å². The van der Waals surface area contributed by atoms with Crippen molar-refractivity contribution in [3.8, 4) is 22.6 Å². The molecular weight excluding hydrogens is 484 g/mol. The molecule has 1 aromatic carbocycles. The number of nitrogens with one attached hydrogen (secondary N) is 2. The maximum Gasteiger partial charge on any atom is 0.305 e. The van der Waals surface area contributed by atoms with Crippen molar-refractivity contribution in [2.75, 3.05) is 0 Å². The maximum absolute atomic E-state index is 13.0.